The lowest BCUT2D eigenvalue weighted by molar-refractivity contribution is 0.0981. The zero-order valence-corrected chi connectivity index (χ0v) is 18.4. The first-order valence-electron chi connectivity index (χ1n) is 10.5. The summed E-state index contributed by atoms with van der Waals surface area (Å²) in [6.07, 6.45) is 8.05. The minimum atomic E-state index is -0.0685. The van der Waals surface area contributed by atoms with Crippen molar-refractivity contribution >= 4 is 5.78 Å². The van der Waals surface area contributed by atoms with E-state index in [-0.39, 0.29) is 17.8 Å². The first-order valence-corrected chi connectivity index (χ1v) is 10.5. The number of aryl methyl sites for hydroxylation is 3. The number of nitrogens with zero attached hydrogens (tertiary/aromatic N) is 3. The fraction of sp³-hybridized carbons (Fsp3) is 0.192. The number of ketones is 1. The quantitative estimate of drug-likeness (QED) is 0.401. The summed E-state index contributed by atoms with van der Waals surface area (Å²) in [4.78, 5) is 29.5. The van der Waals surface area contributed by atoms with Gasteiger partial charge in [-0.15, -0.1) is 0 Å². The van der Waals surface area contributed by atoms with Gasteiger partial charge in [0.1, 0.15) is 11.5 Å². The molecule has 0 fully saturated rings. The normalized spacial score (nSPS) is 10.8. The predicted octanol–water partition coefficient (Wildman–Crippen LogP) is 4.70. The van der Waals surface area contributed by atoms with Crippen LogP contribution >= 0.6 is 0 Å². The Bertz CT molecular complexity index is 1330. The minimum Gasteiger partial charge on any atom is -0.457 e. The Hall–Kier alpha value is -3.93. The standard InChI is InChI=1S/C26H25N3O3/c1-18-22(24(30)10-9-19-6-5-14-29(3)26(19)31)7-4-8-25(18)32-21-11-13-27-23(16-21)20-12-15-28(2)17-20/h4-8,11-17H,9-10H2,1-3H3. The predicted molar refractivity (Wildman–Crippen MR) is 124 cm³/mol. The zero-order valence-electron chi connectivity index (χ0n) is 18.4. The lowest BCUT2D eigenvalue weighted by Crippen LogP contribution is -2.20. The Morgan fingerprint density at radius 2 is 1.91 bits per heavy atom. The maximum atomic E-state index is 12.9. The molecule has 0 radical (unpaired) electrons. The molecule has 0 amide bonds. The summed E-state index contributed by atoms with van der Waals surface area (Å²) in [5.74, 6) is 1.26. The fourth-order valence-corrected chi connectivity index (χ4v) is 3.67. The zero-order chi connectivity index (χ0) is 22.7. The van der Waals surface area contributed by atoms with Gasteiger partial charge in [-0.1, -0.05) is 18.2 Å². The number of hydrogen-bond donors (Lipinski definition) is 0. The van der Waals surface area contributed by atoms with Crippen LogP contribution in [0.25, 0.3) is 11.3 Å². The van der Waals surface area contributed by atoms with Gasteiger partial charge in [0.2, 0.25) is 0 Å². The van der Waals surface area contributed by atoms with Crippen LogP contribution in [0.1, 0.15) is 27.9 Å². The molecule has 4 rings (SSSR count). The smallest absolute Gasteiger partial charge is 0.253 e. The van der Waals surface area contributed by atoms with E-state index in [0.29, 0.717) is 29.0 Å². The molecule has 3 aromatic heterocycles. The number of benzene rings is 1. The number of pyridine rings is 2. The Kier molecular flexibility index (Phi) is 6.03. The molecule has 0 aliphatic carbocycles. The average molecular weight is 428 g/mol. The topological polar surface area (TPSA) is 66.1 Å². The Balaban J connectivity index is 1.52. The van der Waals surface area contributed by atoms with Crippen LogP contribution in [0.2, 0.25) is 0 Å². The van der Waals surface area contributed by atoms with Gasteiger partial charge in [-0.05, 0) is 37.6 Å². The highest BCUT2D eigenvalue weighted by molar-refractivity contribution is 5.98. The van der Waals surface area contributed by atoms with Crippen molar-refractivity contribution in [2.75, 3.05) is 0 Å². The molecule has 0 saturated heterocycles. The van der Waals surface area contributed by atoms with E-state index in [0.717, 1.165) is 16.8 Å². The van der Waals surface area contributed by atoms with E-state index < -0.39 is 0 Å². The molecule has 0 spiro atoms. The van der Waals surface area contributed by atoms with Crippen LogP contribution in [-0.4, -0.2) is 19.9 Å². The third kappa shape index (κ3) is 4.54. The number of rotatable bonds is 7. The third-order valence-corrected chi connectivity index (χ3v) is 5.49. The van der Waals surface area contributed by atoms with Gasteiger partial charge in [-0.2, -0.15) is 0 Å². The molecule has 0 atom stereocenters. The second-order valence-electron chi connectivity index (χ2n) is 7.85. The lowest BCUT2D eigenvalue weighted by atomic mass is 9.99. The van der Waals surface area contributed by atoms with Crippen LogP contribution in [0, 0.1) is 6.92 Å². The fourth-order valence-electron chi connectivity index (χ4n) is 3.67. The summed E-state index contributed by atoms with van der Waals surface area (Å²) < 4.78 is 9.61. The molecular weight excluding hydrogens is 402 g/mol. The van der Waals surface area contributed by atoms with Gasteiger partial charge in [0.15, 0.2) is 5.78 Å². The molecule has 0 aliphatic heterocycles. The highest BCUT2D eigenvalue weighted by atomic mass is 16.5. The second-order valence-corrected chi connectivity index (χ2v) is 7.85. The molecule has 0 unspecified atom stereocenters. The van der Waals surface area contributed by atoms with Crippen LogP contribution in [0.15, 0.2) is 78.1 Å². The molecular formula is C26H25N3O3. The van der Waals surface area contributed by atoms with E-state index in [1.807, 2.05) is 61.3 Å². The molecule has 0 saturated carbocycles. The number of Topliss-reactive ketones (excluding diaryl/α,β-unsaturated/α-hetero) is 1. The van der Waals surface area contributed by atoms with Gasteiger partial charge in [-0.3, -0.25) is 14.6 Å². The average Bonchev–Trinajstić information content (AvgIpc) is 3.22. The van der Waals surface area contributed by atoms with Crippen LogP contribution in [0.3, 0.4) is 0 Å². The number of carbonyl (C=O) groups is 1. The molecule has 0 N–H and O–H groups in total. The Morgan fingerprint density at radius 1 is 1.06 bits per heavy atom. The molecule has 6 nitrogen and oxygen atoms in total. The van der Waals surface area contributed by atoms with Gasteiger partial charge in [0.25, 0.3) is 5.56 Å². The second kappa shape index (κ2) is 9.06. The van der Waals surface area contributed by atoms with Crippen LogP contribution in [0.4, 0.5) is 0 Å². The summed E-state index contributed by atoms with van der Waals surface area (Å²) in [7, 11) is 3.67. The Labute approximate surface area is 186 Å². The van der Waals surface area contributed by atoms with Gasteiger partial charge >= 0.3 is 0 Å². The van der Waals surface area contributed by atoms with Crippen LogP contribution < -0.4 is 10.3 Å². The van der Waals surface area contributed by atoms with Crippen molar-refractivity contribution in [1.29, 1.82) is 0 Å². The summed E-state index contributed by atoms with van der Waals surface area (Å²) in [5, 5.41) is 0. The van der Waals surface area contributed by atoms with E-state index in [9.17, 15) is 9.59 Å². The molecule has 3 heterocycles. The Morgan fingerprint density at radius 3 is 2.69 bits per heavy atom. The van der Waals surface area contributed by atoms with Gasteiger partial charge in [-0.25, -0.2) is 0 Å². The molecule has 0 aliphatic rings. The number of aromatic nitrogens is 3. The lowest BCUT2D eigenvalue weighted by Gasteiger charge is -2.12. The highest BCUT2D eigenvalue weighted by Crippen LogP contribution is 2.30. The minimum absolute atomic E-state index is 0.0152. The first kappa shape index (κ1) is 21.3. The van der Waals surface area contributed by atoms with Crippen LogP contribution in [0.5, 0.6) is 11.5 Å². The largest absolute Gasteiger partial charge is 0.457 e. The van der Waals surface area contributed by atoms with E-state index in [4.69, 9.17) is 4.74 Å². The summed E-state index contributed by atoms with van der Waals surface area (Å²) >= 11 is 0. The van der Waals surface area contributed by atoms with E-state index in [1.54, 1.807) is 37.6 Å². The van der Waals surface area contributed by atoms with Crippen molar-refractivity contribution in [2.45, 2.75) is 19.8 Å². The first-order chi connectivity index (χ1) is 15.4. The highest BCUT2D eigenvalue weighted by Gasteiger charge is 2.14. The third-order valence-electron chi connectivity index (χ3n) is 5.49. The summed E-state index contributed by atoms with van der Waals surface area (Å²) in [6, 6.07) is 14.7. The summed E-state index contributed by atoms with van der Waals surface area (Å²) in [6.45, 7) is 1.88. The van der Waals surface area contributed by atoms with Gasteiger partial charge < -0.3 is 13.9 Å². The van der Waals surface area contributed by atoms with Gasteiger partial charge in [0, 0.05) is 73.6 Å². The molecule has 4 aromatic rings. The van der Waals surface area contributed by atoms with Crippen molar-refractivity contribution in [3.05, 3.63) is 100 Å². The molecule has 162 valence electrons. The van der Waals surface area contributed by atoms with Crippen molar-refractivity contribution in [2.24, 2.45) is 14.1 Å². The number of hydrogen-bond acceptors (Lipinski definition) is 4. The van der Waals surface area contributed by atoms with Crippen molar-refractivity contribution in [3.8, 4) is 22.8 Å². The van der Waals surface area contributed by atoms with Gasteiger partial charge in [0.05, 0.1) is 5.69 Å². The van der Waals surface area contributed by atoms with Crippen molar-refractivity contribution < 1.29 is 9.53 Å². The van der Waals surface area contributed by atoms with Crippen LogP contribution in [-0.2, 0) is 20.5 Å². The van der Waals surface area contributed by atoms with Crippen molar-refractivity contribution in [3.63, 3.8) is 0 Å². The molecule has 6 heteroatoms. The van der Waals surface area contributed by atoms with E-state index >= 15 is 0 Å². The van der Waals surface area contributed by atoms with E-state index in [1.165, 1.54) is 4.57 Å². The van der Waals surface area contributed by atoms with E-state index in [2.05, 4.69) is 4.98 Å². The molecule has 32 heavy (non-hydrogen) atoms. The molecule has 1 aromatic carbocycles. The summed E-state index contributed by atoms with van der Waals surface area (Å²) in [5.41, 5.74) is 3.77. The number of ether oxygens (including phenoxy) is 1. The number of carbonyl (C=O) groups excluding carboxylic acids is 1. The van der Waals surface area contributed by atoms with Crippen molar-refractivity contribution in [1.82, 2.24) is 14.1 Å². The molecule has 0 bridgehead atoms. The maximum absolute atomic E-state index is 12.9. The SMILES string of the molecule is Cc1c(Oc2ccnc(-c3ccn(C)c3)c2)cccc1C(=O)CCc1cccn(C)c1=O. The maximum Gasteiger partial charge on any atom is 0.253 e. The monoisotopic (exact) mass is 427 g/mol.